The molecule has 0 heterocycles. The molecule has 1 aromatic rings. The number of nitrogens with zero attached hydrogens (tertiary/aromatic N) is 1. The summed E-state index contributed by atoms with van der Waals surface area (Å²) >= 11 is 0. The van der Waals surface area contributed by atoms with Gasteiger partial charge >= 0.3 is 0 Å². The van der Waals surface area contributed by atoms with Crippen LogP contribution in [0.4, 0.5) is 0 Å². The van der Waals surface area contributed by atoms with Gasteiger partial charge in [-0.15, -0.1) is 12.4 Å². The molecular formula is C12H18ClN3O3S. The Morgan fingerprint density at radius 3 is 2.40 bits per heavy atom. The highest BCUT2D eigenvalue weighted by Crippen LogP contribution is 2.09. The van der Waals surface area contributed by atoms with Crippen LogP contribution in [0, 0.1) is 11.3 Å². The van der Waals surface area contributed by atoms with Gasteiger partial charge in [-0.2, -0.15) is 5.26 Å². The summed E-state index contributed by atoms with van der Waals surface area (Å²) < 4.78 is 31.1. The molecule has 0 atom stereocenters. The van der Waals surface area contributed by atoms with Crippen molar-refractivity contribution in [3.8, 4) is 6.07 Å². The molecular weight excluding hydrogens is 302 g/mol. The highest BCUT2D eigenvalue weighted by molar-refractivity contribution is 7.89. The first-order valence-electron chi connectivity index (χ1n) is 5.79. The molecule has 0 aliphatic heterocycles. The molecule has 2 N–H and O–H groups in total. The van der Waals surface area contributed by atoms with Gasteiger partial charge in [0, 0.05) is 26.7 Å². The van der Waals surface area contributed by atoms with Crippen LogP contribution in [0.15, 0.2) is 29.2 Å². The number of sulfonamides is 1. The number of ether oxygens (including phenoxy) is 1. The van der Waals surface area contributed by atoms with E-state index in [1.54, 1.807) is 7.11 Å². The maximum Gasteiger partial charge on any atom is 0.240 e. The third kappa shape index (κ3) is 6.32. The zero-order valence-electron chi connectivity index (χ0n) is 11.1. The zero-order valence-corrected chi connectivity index (χ0v) is 12.8. The van der Waals surface area contributed by atoms with Gasteiger partial charge in [-0.05, 0) is 24.3 Å². The van der Waals surface area contributed by atoms with E-state index in [9.17, 15) is 8.42 Å². The van der Waals surface area contributed by atoms with Crippen LogP contribution < -0.4 is 10.0 Å². The summed E-state index contributed by atoms with van der Waals surface area (Å²) in [6.07, 6.45) is 0. The number of nitrogens with one attached hydrogen (secondary N) is 2. The molecule has 0 spiro atoms. The van der Waals surface area contributed by atoms with E-state index < -0.39 is 10.0 Å². The van der Waals surface area contributed by atoms with Crippen molar-refractivity contribution in [2.45, 2.75) is 4.90 Å². The van der Waals surface area contributed by atoms with Crippen molar-refractivity contribution in [2.24, 2.45) is 0 Å². The van der Waals surface area contributed by atoms with Gasteiger partial charge in [-0.3, -0.25) is 0 Å². The van der Waals surface area contributed by atoms with Crippen LogP contribution in [-0.4, -0.2) is 41.8 Å². The molecule has 0 aliphatic carbocycles. The van der Waals surface area contributed by atoms with Crippen LogP contribution >= 0.6 is 12.4 Å². The summed E-state index contributed by atoms with van der Waals surface area (Å²) in [5.74, 6) is 0. The van der Waals surface area contributed by atoms with Gasteiger partial charge < -0.3 is 10.1 Å². The predicted octanol–water partition coefficient (Wildman–Crippen LogP) is 0.494. The molecule has 8 heteroatoms. The molecule has 0 unspecified atom stereocenters. The maximum absolute atomic E-state index is 11.9. The average molecular weight is 320 g/mol. The molecule has 0 aliphatic rings. The second kappa shape index (κ2) is 9.69. The monoisotopic (exact) mass is 319 g/mol. The van der Waals surface area contributed by atoms with Crippen LogP contribution in [0.5, 0.6) is 0 Å². The molecule has 112 valence electrons. The van der Waals surface area contributed by atoms with Gasteiger partial charge in [0.2, 0.25) is 10.0 Å². The molecule has 0 fully saturated rings. The van der Waals surface area contributed by atoms with Gasteiger partial charge in [-0.25, -0.2) is 13.1 Å². The highest BCUT2D eigenvalue weighted by Gasteiger charge is 2.12. The predicted molar refractivity (Wildman–Crippen MR) is 78.3 cm³/mol. The smallest absolute Gasteiger partial charge is 0.240 e. The van der Waals surface area contributed by atoms with Crippen LogP contribution in [0.1, 0.15) is 5.56 Å². The van der Waals surface area contributed by atoms with Crippen molar-refractivity contribution in [2.75, 3.05) is 33.4 Å². The summed E-state index contributed by atoms with van der Waals surface area (Å²) in [6, 6.07) is 7.73. The fraction of sp³-hybridized carbons (Fsp3) is 0.417. The van der Waals surface area contributed by atoms with E-state index >= 15 is 0 Å². The number of hydrogen-bond acceptors (Lipinski definition) is 5. The lowest BCUT2D eigenvalue weighted by Gasteiger charge is -2.07. The Morgan fingerprint density at radius 1 is 1.20 bits per heavy atom. The van der Waals surface area contributed by atoms with Crippen LogP contribution in [0.25, 0.3) is 0 Å². The van der Waals surface area contributed by atoms with Crippen molar-refractivity contribution < 1.29 is 13.2 Å². The first-order valence-corrected chi connectivity index (χ1v) is 7.28. The Morgan fingerprint density at radius 2 is 1.85 bits per heavy atom. The first kappa shape index (κ1) is 18.8. The molecule has 0 amide bonds. The molecule has 0 aromatic heterocycles. The maximum atomic E-state index is 11.9. The summed E-state index contributed by atoms with van der Waals surface area (Å²) in [5.41, 5.74) is 0.431. The Balaban J connectivity index is 0.00000361. The molecule has 0 radical (unpaired) electrons. The van der Waals surface area contributed by atoms with E-state index in [1.165, 1.54) is 24.3 Å². The molecule has 6 nitrogen and oxygen atoms in total. The topological polar surface area (TPSA) is 91.2 Å². The lowest BCUT2D eigenvalue weighted by molar-refractivity contribution is 0.199. The summed E-state index contributed by atoms with van der Waals surface area (Å²) in [5, 5.41) is 11.7. The minimum absolute atomic E-state index is 0. The van der Waals surface area contributed by atoms with Gasteiger partial charge in [0.15, 0.2) is 0 Å². The lowest BCUT2D eigenvalue weighted by Crippen LogP contribution is -2.33. The Bertz CT molecular complexity index is 526. The molecule has 0 saturated carbocycles. The van der Waals surface area contributed by atoms with Gasteiger partial charge in [-0.1, -0.05) is 0 Å². The third-order valence-electron chi connectivity index (χ3n) is 2.37. The van der Waals surface area contributed by atoms with Crippen LogP contribution in [-0.2, 0) is 14.8 Å². The van der Waals surface area contributed by atoms with E-state index in [4.69, 9.17) is 10.00 Å². The van der Waals surface area contributed by atoms with Crippen molar-refractivity contribution in [3.05, 3.63) is 29.8 Å². The van der Waals surface area contributed by atoms with Crippen LogP contribution in [0.3, 0.4) is 0 Å². The van der Waals surface area contributed by atoms with Crippen molar-refractivity contribution in [1.82, 2.24) is 10.0 Å². The minimum Gasteiger partial charge on any atom is -0.383 e. The molecule has 0 saturated heterocycles. The van der Waals surface area contributed by atoms with Gasteiger partial charge in [0.25, 0.3) is 0 Å². The number of hydrogen-bond donors (Lipinski definition) is 2. The SMILES string of the molecule is COCCNCCNS(=O)(=O)c1ccc(C#N)cc1.Cl. The second-order valence-corrected chi connectivity index (χ2v) is 5.54. The number of methoxy groups -OCH3 is 1. The fourth-order valence-corrected chi connectivity index (χ4v) is 2.40. The Labute approximate surface area is 125 Å². The summed E-state index contributed by atoms with van der Waals surface area (Å²) in [6.45, 7) is 2.09. The van der Waals surface area contributed by atoms with E-state index in [-0.39, 0.29) is 17.3 Å². The van der Waals surface area contributed by atoms with Gasteiger partial charge in [0.1, 0.15) is 0 Å². The van der Waals surface area contributed by atoms with Gasteiger partial charge in [0.05, 0.1) is 23.1 Å². The standard InChI is InChI=1S/C12H17N3O3S.ClH/c1-18-9-8-14-6-7-15-19(16,17)12-4-2-11(10-13)3-5-12;/h2-5,14-15H,6-9H2,1H3;1H. The molecule has 20 heavy (non-hydrogen) atoms. The Hall–Kier alpha value is -1.17. The normalized spacial score (nSPS) is 10.6. The lowest BCUT2D eigenvalue weighted by atomic mass is 10.2. The molecule has 1 rings (SSSR count). The zero-order chi connectivity index (χ0) is 14.1. The number of rotatable bonds is 8. The number of benzene rings is 1. The number of nitriles is 1. The van der Waals surface area contributed by atoms with E-state index in [0.717, 1.165) is 0 Å². The quantitative estimate of drug-likeness (QED) is 0.681. The Kier molecular flexibility index (Phi) is 9.12. The summed E-state index contributed by atoms with van der Waals surface area (Å²) in [4.78, 5) is 0.156. The van der Waals surface area contributed by atoms with E-state index in [1.807, 2.05) is 6.07 Å². The third-order valence-corrected chi connectivity index (χ3v) is 3.85. The van der Waals surface area contributed by atoms with E-state index in [2.05, 4.69) is 10.0 Å². The highest BCUT2D eigenvalue weighted by atomic mass is 35.5. The average Bonchev–Trinajstić information content (AvgIpc) is 2.43. The largest absolute Gasteiger partial charge is 0.383 e. The second-order valence-electron chi connectivity index (χ2n) is 3.78. The minimum atomic E-state index is -3.51. The van der Waals surface area contributed by atoms with Crippen LogP contribution in [0.2, 0.25) is 0 Å². The number of halogens is 1. The van der Waals surface area contributed by atoms with Crippen molar-refractivity contribution >= 4 is 22.4 Å². The molecule has 0 bridgehead atoms. The van der Waals surface area contributed by atoms with Crippen molar-refractivity contribution in [1.29, 1.82) is 5.26 Å². The molecule has 1 aromatic carbocycles. The van der Waals surface area contributed by atoms with Crippen molar-refractivity contribution in [3.63, 3.8) is 0 Å². The first-order chi connectivity index (χ1) is 9.10. The summed E-state index contributed by atoms with van der Waals surface area (Å²) in [7, 11) is -1.90. The fourth-order valence-electron chi connectivity index (χ4n) is 1.36. The van der Waals surface area contributed by atoms with E-state index in [0.29, 0.717) is 31.8 Å².